The van der Waals surface area contributed by atoms with Gasteiger partial charge in [-0.3, -0.25) is 0 Å². The van der Waals surface area contributed by atoms with E-state index in [9.17, 15) is 0 Å². The highest BCUT2D eigenvalue weighted by atomic mass is 16.3. The molecule has 4 nitrogen and oxygen atoms in total. The zero-order valence-corrected chi connectivity index (χ0v) is 10.2. The van der Waals surface area contributed by atoms with Crippen molar-refractivity contribution in [2.24, 2.45) is 5.92 Å². The van der Waals surface area contributed by atoms with E-state index in [0.717, 1.165) is 36.6 Å². The number of benzene rings is 1. The fraction of sp³-hybridized carbons (Fsp3) is 0.357. The van der Waals surface area contributed by atoms with Crippen LogP contribution in [-0.4, -0.2) is 28.0 Å². The number of hydrogen-bond acceptors (Lipinski definition) is 3. The van der Waals surface area contributed by atoms with Crippen molar-refractivity contribution in [1.82, 2.24) is 9.78 Å². The van der Waals surface area contributed by atoms with E-state index in [-0.39, 0.29) is 6.61 Å². The lowest BCUT2D eigenvalue weighted by Gasteiger charge is -2.23. The summed E-state index contributed by atoms with van der Waals surface area (Å²) < 4.78 is 2.01. The third kappa shape index (κ3) is 2.11. The SMILES string of the molecule is OCCC1CNc2cc(-c3ccccc3)nn2C1. The van der Waals surface area contributed by atoms with E-state index >= 15 is 0 Å². The number of nitrogens with zero attached hydrogens (tertiary/aromatic N) is 2. The number of nitrogens with one attached hydrogen (secondary N) is 1. The van der Waals surface area contributed by atoms with Crippen LogP contribution in [-0.2, 0) is 6.54 Å². The van der Waals surface area contributed by atoms with Crippen molar-refractivity contribution in [3.8, 4) is 11.3 Å². The van der Waals surface area contributed by atoms with Gasteiger partial charge >= 0.3 is 0 Å². The molecule has 0 saturated carbocycles. The Kier molecular flexibility index (Phi) is 3.02. The molecule has 0 saturated heterocycles. The lowest BCUT2D eigenvalue weighted by molar-refractivity contribution is 0.244. The summed E-state index contributed by atoms with van der Waals surface area (Å²) >= 11 is 0. The maximum Gasteiger partial charge on any atom is 0.124 e. The first-order chi connectivity index (χ1) is 8.86. The third-order valence-corrected chi connectivity index (χ3v) is 3.39. The first-order valence-corrected chi connectivity index (χ1v) is 6.35. The molecule has 94 valence electrons. The lowest BCUT2D eigenvalue weighted by atomic mass is 10.1. The maximum atomic E-state index is 8.99. The Morgan fingerprint density at radius 2 is 2.17 bits per heavy atom. The van der Waals surface area contributed by atoms with Gasteiger partial charge in [0.05, 0.1) is 5.69 Å². The standard InChI is InChI=1S/C14H17N3O/c18-7-6-11-9-15-14-8-13(16-17(14)10-11)12-4-2-1-3-5-12/h1-5,8,11,15,18H,6-7,9-10H2. The Balaban J connectivity index is 1.85. The number of rotatable bonds is 3. The van der Waals surface area contributed by atoms with Crippen molar-refractivity contribution >= 4 is 5.82 Å². The summed E-state index contributed by atoms with van der Waals surface area (Å²) in [6.45, 7) is 2.05. The van der Waals surface area contributed by atoms with Gasteiger partial charge in [0.25, 0.3) is 0 Å². The Hall–Kier alpha value is -1.81. The molecule has 1 unspecified atom stereocenters. The molecule has 0 fully saturated rings. The topological polar surface area (TPSA) is 50.1 Å². The second kappa shape index (κ2) is 4.82. The van der Waals surface area contributed by atoms with Gasteiger partial charge in [-0.05, 0) is 12.3 Å². The zero-order valence-electron chi connectivity index (χ0n) is 10.2. The molecule has 2 heterocycles. The molecule has 3 rings (SSSR count). The van der Waals surface area contributed by atoms with Crippen LogP contribution >= 0.6 is 0 Å². The van der Waals surface area contributed by atoms with Crippen molar-refractivity contribution in [3.05, 3.63) is 36.4 Å². The first-order valence-electron chi connectivity index (χ1n) is 6.35. The highest BCUT2D eigenvalue weighted by Gasteiger charge is 2.19. The molecule has 2 N–H and O–H groups in total. The van der Waals surface area contributed by atoms with Gasteiger partial charge < -0.3 is 10.4 Å². The summed E-state index contributed by atoms with van der Waals surface area (Å²) in [7, 11) is 0. The predicted octanol–water partition coefficient (Wildman–Crippen LogP) is 1.97. The average Bonchev–Trinajstić information content (AvgIpc) is 2.83. The van der Waals surface area contributed by atoms with E-state index in [1.54, 1.807) is 0 Å². The summed E-state index contributed by atoms with van der Waals surface area (Å²) in [4.78, 5) is 0. The minimum absolute atomic E-state index is 0.245. The number of anilines is 1. The van der Waals surface area contributed by atoms with Crippen LogP contribution in [0.25, 0.3) is 11.3 Å². The molecule has 18 heavy (non-hydrogen) atoms. The summed E-state index contributed by atoms with van der Waals surface area (Å²) in [6.07, 6.45) is 0.826. The van der Waals surface area contributed by atoms with Crippen LogP contribution in [0.5, 0.6) is 0 Å². The van der Waals surface area contributed by atoms with Crippen molar-refractivity contribution in [2.75, 3.05) is 18.5 Å². The fourth-order valence-corrected chi connectivity index (χ4v) is 2.38. The van der Waals surface area contributed by atoms with Gasteiger partial charge in [0.1, 0.15) is 5.82 Å². The van der Waals surface area contributed by atoms with Gasteiger partial charge in [0, 0.05) is 31.3 Å². The molecule has 0 amide bonds. The zero-order chi connectivity index (χ0) is 12.4. The molecule has 0 radical (unpaired) electrons. The van der Waals surface area contributed by atoms with Crippen LogP contribution in [0, 0.1) is 5.92 Å². The Morgan fingerprint density at radius 3 is 2.94 bits per heavy atom. The third-order valence-electron chi connectivity index (χ3n) is 3.39. The van der Waals surface area contributed by atoms with E-state index < -0.39 is 0 Å². The van der Waals surface area contributed by atoms with Gasteiger partial charge in [-0.25, -0.2) is 4.68 Å². The molecule has 0 spiro atoms. The molecular formula is C14H17N3O. The number of aliphatic hydroxyl groups is 1. The Labute approximate surface area is 106 Å². The molecule has 4 heteroatoms. The number of fused-ring (bicyclic) bond motifs is 1. The summed E-state index contributed by atoms with van der Waals surface area (Å²) in [5.74, 6) is 1.54. The molecule has 0 bridgehead atoms. The molecule has 1 atom stereocenters. The van der Waals surface area contributed by atoms with Gasteiger partial charge in [-0.15, -0.1) is 0 Å². The maximum absolute atomic E-state index is 8.99. The quantitative estimate of drug-likeness (QED) is 0.866. The second-order valence-electron chi connectivity index (χ2n) is 4.72. The largest absolute Gasteiger partial charge is 0.396 e. The minimum Gasteiger partial charge on any atom is -0.396 e. The smallest absolute Gasteiger partial charge is 0.124 e. The van der Waals surface area contributed by atoms with Crippen LogP contribution in [0.2, 0.25) is 0 Å². The van der Waals surface area contributed by atoms with Crippen LogP contribution in [0.3, 0.4) is 0 Å². The Morgan fingerprint density at radius 1 is 1.33 bits per heavy atom. The normalized spacial score (nSPS) is 18.2. The minimum atomic E-state index is 0.245. The summed E-state index contributed by atoms with van der Waals surface area (Å²) in [5, 5.41) is 17.0. The number of hydrogen-bond donors (Lipinski definition) is 2. The molecule has 0 aliphatic carbocycles. The van der Waals surface area contributed by atoms with Crippen molar-refractivity contribution in [1.29, 1.82) is 0 Å². The van der Waals surface area contributed by atoms with E-state index in [1.165, 1.54) is 0 Å². The second-order valence-corrected chi connectivity index (χ2v) is 4.72. The van der Waals surface area contributed by atoms with Crippen molar-refractivity contribution in [2.45, 2.75) is 13.0 Å². The molecule has 1 aliphatic heterocycles. The monoisotopic (exact) mass is 243 g/mol. The van der Waals surface area contributed by atoms with Gasteiger partial charge in [0.2, 0.25) is 0 Å². The van der Waals surface area contributed by atoms with E-state index in [2.05, 4.69) is 28.6 Å². The molecule has 1 aromatic heterocycles. The van der Waals surface area contributed by atoms with Crippen LogP contribution in [0.15, 0.2) is 36.4 Å². The van der Waals surface area contributed by atoms with E-state index in [4.69, 9.17) is 5.11 Å². The molecule has 1 aliphatic rings. The molecule has 2 aromatic rings. The van der Waals surface area contributed by atoms with E-state index in [1.807, 2.05) is 22.9 Å². The van der Waals surface area contributed by atoms with E-state index in [0.29, 0.717) is 5.92 Å². The van der Waals surface area contributed by atoms with Crippen LogP contribution in [0.4, 0.5) is 5.82 Å². The first kappa shape index (κ1) is 11.3. The Bertz CT molecular complexity index is 521. The van der Waals surface area contributed by atoms with Gasteiger partial charge in [-0.1, -0.05) is 30.3 Å². The van der Waals surface area contributed by atoms with Crippen molar-refractivity contribution in [3.63, 3.8) is 0 Å². The average molecular weight is 243 g/mol. The van der Waals surface area contributed by atoms with Crippen LogP contribution in [0.1, 0.15) is 6.42 Å². The lowest BCUT2D eigenvalue weighted by Crippen LogP contribution is -2.28. The number of aliphatic hydroxyl groups excluding tert-OH is 1. The predicted molar refractivity (Wildman–Crippen MR) is 71.3 cm³/mol. The fourth-order valence-electron chi connectivity index (χ4n) is 2.38. The van der Waals surface area contributed by atoms with Crippen molar-refractivity contribution < 1.29 is 5.11 Å². The number of aromatic nitrogens is 2. The molecule has 1 aromatic carbocycles. The van der Waals surface area contributed by atoms with Crippen LogP contribution < -0.4 is 5.32 Å². The molecular weight excluding hydrogens is 226 g/mol. The van der Waals surface area contributed by atoms with Gasteiger partial charge in [-0.2, -0.15) is 5.10 Å². The highest BCUT2D eigenvalue weighted by molar-refractivity contribution is 5.63. The van der Waals surface area contributed by atoms with Gasteiger partial charge in [0.15, 0.2) is 0 Å². The summed E-state index contributed by atoms with van der Waals surface area (Å²) in [6, 6.07) is 12.3. The highest BCUT2D eigenvalue weighted by Crippen LogP contribution is 2.25. The summed E-state index contributed by atoms with van der Waals surface area (Å²) in [5.41, 5.74) is 2.14.